The van der Waals surface area contributed by atoms with Gasteiger partial charge in [-0.2, -0.15) is 0 Å². The lowest BCUT2D eigenvalue weighted by Gasteiger charge is -2.42. The summed E-state index contributed by atoms with van der Waals surface area (Å²) in [6.45, 7) is -0.109. The normalized spacial score (nSPS) is 23.1. The molecule has 5 rings (SSSR count). The molecule has 2 aliphatic rings. The molecule has 2 fully saturated rings. The van der Waals surface area contributed by atoms with Gasteiger partial charge in [0.25, 0.3) is 0 Å². The molecule has 8 heteroatoms. The van der Waals surface area contributed by atoms with Crippen LogP contribution in [0.5, 0.6) is 0 Å². The molecule has 0 radical (unpaired) electrons. The molecule has 0 aromatic heterocycles. The average molecular weight is 545 g/mol. The van der Waals surface area contributed by atoms with Crippen molar-refractivity contribution in [3.8, 4) is 0 Å². The SMILES string of the molecule is O=C(O[C@@H]1[C@@H](OC(=O)c2ccccc2)[C@H](OC2CCCCC2)OC[C@H]1OC(=O)c1ccccc1)c1ccccc1. The van der Waals surface area contributed by atoms with Crippen LogP contribution in [0.4, 0.5) is 0 Å². The van der Waals surface area contributed by atoms with Crippen molar-refractivity contribution >= 4 is 17.9 Å². The van der Waals surface area contributed by atoms with Crippen molar-refractivity contribution in [3.63, 3.8) is 0 Å². The second-order valence-corrected chi connectivity index (χ2v) is 9.88. The third kappa shape index (κ3) is 6.94. The molecule has 0 bridgehead atoms. The van der Waals surface area contributed by atoms with Gasteiger partial charge in [0.1, 0.15) is 0 Å². The number of hydrogen-bond donors (Lipinski definition) is 0. The Labute approximate surface area is 233 Å². The van der Waals surface area contributed by atoms with Crippen molar-refractivity contribution in [2.45, 2.75) is 62.8 Å². The number of ether oxygens (including phenoxy) is 5. The molecule has 0 unspecified atom stereocenters. The zero-order chi connectivity index (χ0) is 27.7. The molecule has 0 N–H and O–H groups in total. The second kappa shape index (κ2) is 13.4. The second-order valence-electron chi connectivity index (χ2n) is 9.88. The smallest absolute Gasteiger partial charge is 0.338 e. The van der Waals surface area contributed by atoms with Gasteiger partial charge in [0.15, 0.2) is 24.6 Å². The number of carbonyl (C=O) groups excluding carboxylic acids is 3. The Kier molecular flexibility index (Phi) is 9.21. The van der Waals surface area contributed by atoms with Gasteiger partial charge >= 0.3 is 17.9 Å². The molecular formula is C32H32O8. The van der Waals surface area contributed by atoms with E-state index >= 15 is 0 Å². The van der Waals surface area contributed by atoms with E-state index in [1.165, 1.54) is 0 Å². The van der Waals surface area contributed by atoms with Crippen LogP contribution in [-0.4, -0.2) is 55.2 Å². The van der Waals surface area contributed by atoms with Crippen LogP contribution in [0, 0.1) is 0 Å². The lowest BCUT2D eigenvalue weighted by Crippen LogP contribution is -2.59. The Bertz CT molecular complexity index is 1260. The molecule has 1 aliphatic heterocycles. The van der Waals surface area contributed by atoms with Crippen LogP contribution in [0.15, 0.2) is 91.0 Å². The summed E-state index contributed by atoms with van der Waals surface area (Å²) in [6, 6.07) is 25.4. The number of rotatable bonds is 8. The Hall–Kier alpha value is -4.01. The van der Waals surface area contributed by atoms with Crippen LogP contribution in [0.1, 0.15) is 63.2 Å². The van der Waals surface area contributed by atoms with E-state index in [0.717, 1.165) is 32.1 Å². The fraction of sp³-hybridized carbons (Fsp3) is 0.344. The van der Waals surface area contributed by atoms with Crippen molar-refractivity contribution in [3.05, 3.63) is 108 Å². The Morgan fingerprint density at radius 3 is 1.52 bits per heavy atom. The van der Waals surface area contributed by atoms with E-state index in [1.54, 1.807) is 91.0 Å². The predicted molar refractivity (Wildman–Crippen MR) is 145 cm³/mol. The average Bonchev–Trinajstić information content (AvgIpc) is 3.01. The van der Waals surface area contributed by atoms with E-state index in [1.807, 2.05) is 0 Å². The maximum absolute atomic E-state index is 13.2. The summed E-state index contributed by atoms with van der Waals surface area (Å²) in [4.78, 5) is 39.5. The van der Waals surface area contributed by atoms with Gasteiger partial charge in [-0.1, -0.05) is 73.9 Å². The molecule has 4 atom stereocenters. The maximum atomic E-state index is 13.2. The monoisotopic (exact) mass is 544 g/mol. The molecule has 1 heterocycles. The van der Waals surface area contributed by atoms with Crippen molar-refractivity contribution in [2.75, 3.05) is 6.61 Å². The largest absolute Gasteiger partial charge is 0.452 e. The van der Waals surface area contributed by atoms with Crippen molar-refractivity contribution < 1.29 is 38.1 Å². The van der Waals surface area contributed by atoms with Crippen molar-refractivity contribution in [1.82, 2.24) is 0 Å². The first-order valence-corrected chi connectivity index (χ1v) is 13.6. The molecule has 1 saturated carbocycles. The minimum Gasteiger partial charge on any atom is -0.452 e. The predicted octanol–water partition coefficient (Wildman–Crippen LogP) is 5.37. The third-order valence-electron chi connectivity index (χ3n) is 7.04. The van der Waals surface area contributed by atoms with E-state index in [9.17, 15) is 14.4 Å². The topological polar surface area (TPSA) is 97.4 Å². The minimum absolute atomic E-state index is 0.0921. The van der Waals surface area contributed by atoms with E-state index < -0.39 is 42.5 Å². The molecule has 1 saturated heterocycles. The summed E-state index contributed by atoms with van der Waals surface area (Å²) in [6.07, 6.45) is 0.333. The highest BCUT2D eigenvalue weighted by molar-refractivity contribution is 5.91. The lowest BCUT2D eigenvalue weighted by atomic mass is 9.97. The molecule has 3 aromatic carbocycles. The number of esters is 3. The van der Waals surface area contributed by atoms with Crippen LogP contribution < -0.4 is 0 Å². The Balaban J connectivity index is 1.45. The summed E-state index contributed by atoms with van der Waals surface area (Å²) in [5.41, 5.74) is 0.949. The maximum Gasteiger partial charge on any atom is 0.338 e. The van der Waals surface area contributed by atoms with Gasteiger partial charge in [-0.15, -0.1) is 0 Å². The Morgan fingerprint density at radius 2 is 1.02 bits per heavy atom. The van der Waals surface area contributed by atoms with E-state index in [4.69, 9.17) is 23.7 Å². The third-order valence-corrected chi connectivity index (χ3v) is 7.04. The van der Waals surface area contributed by atoms with Gasteiger partial charge in [0.05, 0.1) is 29.4 Å². The molecule has 208 valence electrons. The molecule has 3 aromatic rings. The highest BCUT2D eigenvalue weighted by atomic mass is 16.7. The first-order valence-electron chi connectivity index (χ1n) is 13.6. The van der Waals surface area contributed by atoms with Crippen LogP contribution >= 0.6 is 0 Å². The van der Waals surface area contributed by atoms with Crippen LogP contribution in [0.25, 0.3) is 0 Å². The van der Waals surface area contributed by atoms with Gasteiger partial charge in [0.2, 0.25) is 0 Å². The molecule has 0 amide bonds. The first kappa shape index (κ1) is 27.6. The van der Waals surface area contributed by atoms with E-state index in [2.05, 4.69) is 0 Å². The highest BCUT2D eigenvalue weighted by Gasteiger charge is 2.49. The van der Waals surface area contributed by atoms with Gasteiger partial charge < -0.3 is 23.7 Å². The fourth-order valence-corrected chi connectivity index (χ4v) is 4.93. The molecule has 0 spiro atoms. The molecule has 1 aliphatic carbocycles. The molecular weight excluding hydrogens is 512 g/mol. The highest BCUT2D eigenvalue weighted by Crippen LogP contribution is 2.30. The summed E-state index contributed by atoms with van der Waals surface area (Å²) in [5, 5.41) is 0. The Morgan fingerprint density at radius 1 is 0.575 bits per heavy atom. The van der Waals surface area contributed by atoms with Gasteiger partial charge in [-0.3, -0.25) is 0 Å². The van der Waals surface area contributed by atoms with Gasteiger partial charge in [0, 0.05) is 0 Å². The van der Waals surface area contributed by atoms with Crippen molar-refractivity contribution in [2.24, 2.45) is 0 Å². The lowest BCUT2D eigenvalue weighted by molar-refractivity contribution is -0.282. The molecule has 40 heavy (non-hydrogen) atoms. The summed E-state index contributed by atoms with van der Waals surface area (Å²) in [5.74, 6) is -1.90. The minimum atomic E-state index is -1.19. The van der Waals surface area contributed by atoms with Crippen LogP contribution in [0.2, 0.25) is 0 Å². The van der Waals surface area contributed by atoms with Gasteiger partial charge in [-0.05, 0) is 49.2 Å². The van der Waals surface area contributed by atoms with Gasteiger partial charge in [-0.25, -0.2) is 14.4 Å². The van der Waals surface area contributed by atoms with Crippen molar-refractivity contribution in [1.29, 1.82) is 0 Å². The summed E-state index contributed by atoms with van der Waals surface area (Å²) >= 11 is 0. The fourth-order valence-electron chi connectivity index (χ4n) is 4.93. The zero-order valence-electron chi connectivity index (χ0n) is 22.1. The number of hydrogen-bond acceptors (Lipinski definition) is 8. The van der Waals surface area contributed by atoms with Crippen LogP contribution in [-0.2, 0) is 23.7 Å². The first-order chi connectivity index (χ1) is 19.6. The number of carbonyl (C=O) groups is 3. The standard InChI is InChI=1S/C32H32O8/c33-29(22-13-5-1-6-14-22)38-26-21-36-32(37-25-19-11-4-12-20-25)28(40-31(35)24-17-9-3-10-18-24)27(26)39-30(34)23-15-7-2-8-16-23/h1-3,5-10,13-18,25-28,32H,4,11-12,19-21H2/t26-,27+,28-,32+/m1/s1. The summed E-state index contributed by atoms with van der Waals surface area (Å²) in [7, 11) is 0. The summed E-state index contributed by atoms with van der Waals surface area (Å²) < 4.78 is 30.0. The zero-order valence-corrected chi connectivity index (χ0v) is 22.1. The van der Waals surface area contributed by atoms with E-state index in [0.29, 0.717) is 16.7 Å². The van der Waals surface area contributed by atoms with Crippen LogP contribution in [0.3, 0.4) is 0 Å². The number of benzene rings is 3. The quantitative estimate of drug-likeness (QED) is 0.276. The molecule has 8 nitrogen and oxygen atoms in total. The van der Waals surface area contributed by atoms with E-state index in [-0.39, 0.29) is 12.7 Å².